The molecule has 1 aromatic carbocycles. The molecule has 0 unspecified atom stereocenters. The van der Waals surface area contributed by atoms with Gasteiger partial charge in [-0.2, -0.15) is 0 Å². The minimum absolute atomic E-state index is 0.0232. The number of ketones is 1. The van der Waals surface area contributed by atoms with Crippen molar-refractivity contribution in [2.24, 2.45) is 0 Å². The van der Waals surface area contributed by atoms with Crippen LogP contribution in [0.1, 0.15) is 10.4 Å². The maximum atomic E-state index is 12.1. The van der Waals surface area contributed by atoms with Gasteiger partial charge in [0.2, 0.25) is 5.76 Å². The van der Waals surface area contributed by atoms with Gasteiger partial charge in [0.1, 0.15) is 6.61 Å². The standard InChI is InChI=1S/C12H9ClO4/c1-16-11-9(6-17-12(11)15)10(14)7-2-4-8(13)5-3-7/h2-5H,6H2,1H3. The molecule has 0 atom stereocenters. The number of benzene rings is 1. The number of hydrogen-bond donors (Lipinski definition) is 0. The molecule has 0 saturated heterocycles. The van der Waals surface area contributed by atoms with Crippen LogP contribution in [0.3, 0.4) is 0 Å². The lowest BCUT2D eigenvalue weighted by Crippen LogP contribution is -2.07. The molecule has 0 N–H and O–H groups in total. The van der Waals surface area contributed by atoms with Crippen molar-refractivity contribution in [2.45, 2.75) is 0 Å². The molecule has 1 aliphatic rings. The van der Waals surface area contributed by atoms with Crippen molar-refractivity contribution in [1.82, 2.24) is 0 Å². The molecule has 0 radical (unpaired) electrons. The lowest BCUT2D eigenvalue weighted by molar-refractivity contribution is -0.138. The molecule has 17 heavy (non-hydrogen) atoms. The maximum absolute atomic E-state index is 12.1. The zero-order valence-corrected chi connectivity index (χ0v) is 9.78. The predicted octanol–water partition coefficient (Wildman–Crippen LogP) is 1.98. The average Bonchev–Trinajstić information content (AvgIpc) is 2.70. The first-order valence-electron chi connectivity index (χ1n) is 4.88. The molecule has 0 spiro atoms. The number of halogens is 1. The molecule has 4 nitrogen and oxygen atoms in total. The van der Waals surface area contributed by atoms with E-state index in [2.05, 4.69) is 0 Å². The second kappa shape index (κ2) is 4.59. The highest BCUT2D eigenvalue weighted by Crippen LogP contribution is 2.21. The van der Waals surface area contributed by atoms with Crippen molar-refractivity contribution in [3.8, 4) is 0 Å². The molecule has 0 aliphatic carbocycles. The summed E-state index contributed by atoms with van der Waals surface area (Å²) in [5, 5.41) is 0.543. The van der Waals surface area contributed by atoms with Gasteiger partial charge in [0, 0.05) is 10.6 Å². The number of Topliss-reactive ketones (excluding diaryl/α,β-unsaturated/α-hetero) is 1. The Hall–Kier alpha value is -1.81. The van der Waals surface area contributed by atoms with Crippen LogP contribution in [0.4, 0.5) is 0 Å². The molecule has 0 bridgehead atoms. The van der Waals surface area contributed by atoms with Crippen LogP contribution in [0.5, 0.6) is 0 Å². The quantitative estimate of drug-likeness (QED) is 0.610. The lowest BCUT2D eigenvalue weighted by atomic mass is 10.0. The maximum Gasteiger partial charge on any atom is 0.374 e. The fourth-order valence-corrected chi connectivity index (χ4v) is 1.67. The molecule has 88 valence electrons. The molecule has 2 rings (SSSR count). The van der Waals surface area contributed by atoms with E-state index in [1.54, 1.807) is 24.3 Å². The van der Waals surface area contributed by atoms with Crippen molar-refractivity contribution < 1.29 is 19.1 Å². The highest BCUT2D eigenvalue weighted by molar-refractivity contribution is 6.30. The first-order valence-corrected chi connectivity index (χ1v) is 5.26. The molecular formula is C12H9ClO4. The van der Waals surface area contributed by atoms with E-state index in [0.29, 0.717) is 10.6 Å². The van der Waals surface area contributed by atoms with Crippen LogP contribution in [-0.2, 0) is 14.3 Å². The van der Waals surface area contributed by atoms with Crippen molar-refractivity contribution in [2.75, 3.05) is 13.7 Å². The predicted molar refractivity (Wildman–Crippen MR) is 60.8 cm³/mol. The van der Waals surface area contributed by atoms with Crippen molar-refractivity contribution >= 4 is 23.4 Å². The summed E-state index contributed by atoms with van der Waals surface area (Å²) < 4.78 is 9.61. The van der Waals surface area contributed by atoms with Gasteiger partial charge in [-0.3, -0.25) is 4.79 Å². The number of cyclic esters (lactones) is 1. The Morgan fingerprint density at radius 2 is 2.00 bits per heavy atom. The van der Waals surface area contributed by atoms with Gasteiger partial charge in [0.25, 0.3) is 0 Å². The SMILES string of the molecule is COC1=C(C(=O)c2ccc(Cl)cc2)COC1=O. The topological polar surface area (TPSA) is 52.6 Å². The first-order chi connectivity index (χ1) is 8.13. The third-order valence-corrected chi connectivity index (χ3v) is 2.64. The van der Waals surface area contributed by atoms with E-state index < -0.39 is 5.97 Å². The van der Waals surface area contributed by atoms with Crippen LogP contribution in [-0.4, -0.2) is 25.5 Å². The zero-order valence-electron chi connectivity index (χ0n) is 9.03. The van der Waals surface area contributed by atoms with Crippen LogP contribution in [0.2, 0.25) is 5.02 Å². The Bertz CT molecular complexity index is 502. The number of hydrogen-bond acceptors (Lipinski definition) is 4. The molecule has 1 aliphatic heterocycles. The van der Waals surface area contributed by atoms with Gasteiger partial charge in [0.15, 0.2) is 5.78 Å². The zero-order chi connectivity index (χ0) is 12.4. The minimum atomic E-state index is -0.607. The number of carbonyl (C=O) groups is 2. The van der Waals surface area contributed by atoms with Crippen LogP contribution in [0, 0.1) is 0 Å². The molecular weight excluding hydrogens is 244 g/mol. The molecule has 0 amide bonds. The van der Waals surface area contributed by atoms with Crippen LogP contribution < -0.4 is 0 Å². The second-order valence-corrected chi connectivity index (χ2v) is 3.86. The summed E-state index contributed by atoms with van der Waals surface area (Å²) >= 11 is 5.73. The lowest BCUT2D eigenvalue weighted by Gasteiger charge is -2.02. The fourth-order valence-electron chi connectivity index (χ4n) is 1.54. The molecule has 0 fully saturated rings. The normalized spacial score (nSPS) is 14.8. The number of carbonyl (C=O) groups excluding carboxylic acids is 2. The van der Waals surface area contributed by atoms with Gasteiger partial charge < -0.3 is 9.47 Å². The summed E-state index contributed by atoms with van der Waals surface area (Å²) in [7, 11) is 1.33. The number of rotatable bonds is 3. The van der Waals surface area contributed by atoms with Crippen molar-refractivity contribution in [3.05, 3.63) is 46.2 Å². The first kappa shape index (κ1) is 11.7. The monoisotopic (exact) mass is 252 g/mol. The summed E-state index contributed by atoms with van der Waals surface area (Å²) in [6.45, 7) is -0.0521. The molecule has 5 heteroatoms. The van der Waals surface area contributed by atoms with Gasteiger partial charge >= 0.3 is 5.97 Å². The fraction of sp³-hybridized carbons (Fsp3) is 0.167. The highest BCUT2D eigenvalue weighted by atomic mass is 35.5. The molecule has 1 heterocycles. The Kier molecular flexibility index (Phi) is 3.15. The van der Waals surface area contributed by atoms with Gasteiger partial charge in [-0.25, -0.2) is 4.79 Å². The summed E-state index contributed by atoms with van der Waals surface area (Å²) in [6, 6.07) is 6.40. The molecule has 0 saturated carbocycles. The molecule has 1 aromatic rings. The van der Waals surface area contributed by atoms with E-state index >= 15 is 0 Å². The summed E-state index contributed by atoms with van der Waals surface area (Å²) in [5.74, 6) is -0.917. The third kappa shape index (κ3) is 2.17. The Morgan fingerprint density at radius 3 is 2.59 bits per heavy atom. The van der Waals surface area contributed by atoms with Crippen molar-refractivity contribution in [1.29, 1.82) is 0 Å². The van der Waals surface area contributed by atoms with Gasteiger partial charge in [-0.15, -0.1) is 0 Å². The van der Waals surface area contributed by atoms with E-state index in [4.69, 9.17) is 21.1 Å². The second-order valence-electron chi connectivity index (χ2n) is 3.42. The van der Waals surface area contributed by atoms with Crippen molar-refractivity contribution in [3.63, 3.8) is 0 Å². The van der Waals surface area contributed by atoms with Gasteiger partial charge in [0.05, 0.1) is 12.7 Å². The summed E-state index contributed by atoms with van der Waals surface area (Å²) in [6.07, 6.45) is 0. The van der Waals surface area contributed by atoms with E-state index in [1.165, 1.54) is 7.11 Å². The molecule has 0 aromatic heterocycles. The van der Waals surface area contributed by atoms with Crippen LogP contribution in [0.15, 0.2) is 35.6 Å². The summed E-state index contributed by atoms with van der Waals surface area (Å²) in [4.78, 5) is 23.3. The smallest absolute Gasteiger partial charge is 0.374 e. The number of esters is 1. The largest absolute Gasteiger partial charge is 0.489 e. The Balaban J connectivity index is 2.35. The van der Waals surface area contributed by atoms with Crippen LogP contribution >= 0.6 is 11.6 Å². The summed E-state index contributed by atoms with van der Waals surface area (Å²) in [5.41, 5.74) is 0.678. The van der Waals surface area contributed by atoms with E-state index in [-0.39, 0.29) is 23.7 Å². The van der Waals surface area contributed by atoms with Gasteiger partial charge in [-0.05, 0) is 24.3 Å². The Labute approximate surface area is 103 Å². The van der Waals surface area contributed by atoms with Gasteiger partial charge in [-0.1, -0.05) is 11.6 Å². The van der Waals surface area contributed by atoms with E-state index in [0.717, 1.165) is 0 Å². The number of ether oxygens (including phenoxy) is 2. The average molecular weight is 253 g/mol. The highest BCUT2D eigenvalue weighted by Gasteiger charge is 2.31. The van der Waals surface area contributed by atoms with Crippen LogP contribution in [0.25, 0.3) is 0 Å². The number of methoxy groups -OCH3 is 1. The van der Waals surface area contributed by atoms with E-state index in [1.807, 2.05) is 0 Å². The third-order valence-electron chi connectivity index (χ3n) is 2.39. The Morgan fingerprint density at radius 1 is 1.35 bits per heavy atom. The minimum Gasteiger partial charge on any atom is -0.489 e. The van der Waals surface area contributed by atoms with E-state index in [9.17, 15) is 9.59 Å².